The Morgan fingerprint density at radius 2 is 2.00 bits per heavy atom. The van der Waals surface area contributed by atoms with Crippen LogP contribution in [0.3, 0.4) is 0 Å². The number of nitrogens with one attached hydrogen (secondary N) is 1. The van der Waals surface area contributed by atoms with E-state index in [1.807, 2.05) is 0 Å². The fourth-order valence-electron chi connectivity index (χ4n) is 3.42. The van der Waals surface area contributed by atoms with Gasteiger partial charge in [-0.2, -0.15) is 0 Å². The van der Waals surface area contributed by atoms with Gasteiger partial charge in [-0.15, -0.1) is 0 Å². The minimum Gasteiger partial charge on any atom is -0.379 e. The molecule has 0 aromatic heterocycles. The van der Waals surface area contributed by atoms with E-state index in [0.29, 0.717) is 13.2 Å². The highest BCUT2D eigenvalue weighted by atomic mass is 16.5. The molecule has 0 saturated carbocycles. The van der Waals surface area contributed by atoms with Gasteiger partial charge < -0.3 is 14.8 Å². The van der Waals surface area contributed by atoms with Crippen LogP contribution in [0.2, 0.25) is 0 Å². The molecule has 0 spiro atoms. The van der Waals surface area contributed by atoms with Crippen LogP contribution in [-0.2, 0) is 20.7 Å². The van der Waals surface area contributed by atoms with Crippen molar-refractivity contribution in [1.82, 2.24) is 10.2 Å². The van der Waals surface area contributed by atoms with E-state index in [-0.39, 0.29) is 18.1 Å². The monoisotopic (exact) mass is 332 g/mol. The predicted octanol–water partition coefficient (Wildman–Crippen LogP) is 1.92. The van der Waals surface area contributed by atoms with Crippen LogP contribution in [0.5, 0.6) is 0 Å². The summed E-state index contributed by atoms with van der Waals surface area (Å²) in [5.41, 5.74) is 2.59. The zero-order valence-electron chi connectivity index (χ0n) is 14.5. The van der Waals surface area contributed by atoms with E-state index in [4.69, 9.17) is 9.47 Å². The van der Waals surface area contributed by atoms with Crippen molar-refractivity contribution in [3.05, 3.63) is 35.4 Å². The molecule has 2 aliphatic rings. The molecule has 24 heavy (non-hydrogen) atoms. The first-order valence-corrected chi connectivity index (χ1v) is 9.08. The van der Waals surface area contributed by atoms with Gasteiger partial charge in [-0.3, -0.25) is 9.69 Å². The number of hydrogen-bond acceptors (Lipinski definition) is 4. The molecule has 132 valence electrons. The van der Waals surface area contributed by atoms with Crippen LogP contribution in [-0.4, -0.2) is 56.4 Å². The van der Waals surface area contributed by atoms with Gasteiger partial charge in [0.2, 0.25) is 5.91 Å². The number of morpholine rings is 1. The van der Waals surface area contributed by atoms with Crippen molar-refractivity contribution >= 4 is 5.91 Å². The van der Waals surface area contributed by atoms with Gasteiger partial charge >= 0.3 is 0 Å². The average Bonchev–Trinajstić information content (AvgIpc) is 3.18. The Bertz CT molecular complexity index is 520. The van der Waals surface area contributed by atoms with E-state index in [9.17, 15) is 4.79 Å². The molecule has 2 atom stereocenters. The van der Waals surface area contributed by atoms with E-state index in [1.165, 1.54) is 11.1 Å². The lowest BCUT2D eigenvalue weighted by Crippen LogP contribution is -2.45. The fraction of sp³-hybridized carbons (Fsp3) is 0.632. The summed E-state index contributed by atoms with van der Waals surface area (Å²) >= 11 is 0. The average molecular weight is 332 g/mol. The van der Waals surface area contributed by atoms with Crippen molar-refractivity contribution in [2.45, 2.75) is 38.3 Å². The molecule has 5 nitrogen and oxygen atoms in total. The van der Waals surface area contributed by atoms with Gasteiger partial charge in [-0.1, -0.05) is 31.2 Å². The number of carbonyl (C=O) groups is 1. The summed E-state index contributed by atoms with van der Waals surface area (Å²) in [5.74, 6) is 0.0240. The van der Waals surface area contributed by atoms with Crippen molar-refractivity contribution in [3.63, 3.8) is 0 Å². The Balaban J connectivity index is 1.67. The minimum absolute atomic E-state index is 0.0240. The molecular weight excluding hydrogens is 304 g/mol. The normalized spacial score (nSPS) is 23.1. The van der Waals surface area contributed by atoms with Crippen molar-refractivity contribution in [2.24, 2.45) is 0 Å². The lowest BCUT2D eigenvalue weighted by molar-refractivity contribution is -0.130. The number of carbonyl (C=O) groups excluding carboxylic acids is 1. The van der Waals surface area contributed by atoms with Crippen LogP contribution in [0.15, 0.2) is 24.3 Å². The molecule has 1 N–H and O–H groups in total. The molecule has 0 bridgehead atoms. The molecule has 5 heteroatoms. The van der Waals surface area contributed by atoms with Gasteiger partial charge in [0.25, 0.3) is 0 Å². The topological polar surface area (TPSA) is 50.8 Å². The Morgan fingerprint density at radius 3 is 2.62 bits per heavy atom. The van der Waals surface area contributed by atoms with Crippen molar-refractivity contribution in [2.75, 3.05) is 39.5 Å². The van der Waals surface area contributed by atoms with Gasteiger partial charge in [-0.25, -0.2) is 0 Å². The molecule has 1 amide bonds. The van der Waals surface area contributed by atoms with E-state index in [0.717, 1.165) is 45.6 Å². The second-order valence-corrected chi connectivity index (χ2v) is 6.51. The summed E-state index contributed by atoms with van der Waals surface area (Å²) in [6.45, 7) is 6.78. The highest BCUT2D eigenvalue weighted by molar-refractivity contribution is 5.81. The van der Waals surface area contributed by atoms with Gasteiger partial charge in [0, 0.05) is 26.2 Å². The lowest BCUT2D eigenvalue weighted by Gasteiger charge is -2.35. The third kappa shape index (κ3) is 4.35. The van der Waals surface area contributed by atoms with E-state index in [2.05, 4.69) is 41.4 Å². The second-order valence-electron chi connectivity index (χ2n) is 6.51. The number of nitrogens with zero attached hydrogens (tertiary/aromatic N) is 1. The third-order valence-electron chi connectivity index (χ3n) is 4.95. The Morgan fingerprint density at radius 1 is 1.25 bits per heavy atom. The van der Waals surface area contributed by atoms with Crippen molar-refractivity contribution < 1.29 is 14.3 Å². The summed E-state index contributed by atoms with van der Waals surface area (Å²) in [6, 6.07) is 8.94. The van der Waals surface area contributed by atoms with Crippen LogP contribution in [0, 0.1) is 0 Å². The van der Waals surface area contributed by atoms with Crippen LogP contribution in [0.25, 0.3) is 0 Å². The first-order valence-electron chi connectivity index (χ1n) is 9.08. The summed E-state index contributed by atoms with van der Waals surface area (Å²) < 4.78 is 11.0. The molecule has 2 heterocycles. The van der Waals surface area contributed by atoms with Gasteiger partial charge in [-0.05, 0) is 30.4 Å². The number of aryl methyl sites for hydroxylation is 1. The lowest BCUT2D eigenvalue weighted by atomic mass is 10.0. The quantitative estimate of drug-likeness (QED) is 0.865. The Labute approximate surface area is 144 Å². The van der Waals surface area contributed by atoms with Gasteiger partial charge in [0.05, 0.1) is 19.3 Å². The number of rotatable bonds is 6. The Hall–Kier alpha value is -1.43. The van der Waals surface area contributed by atoms with E-state index in [1.54, 1.807) is 0 Å². The maximum absolute atomic E-state index is 12.3. The van der Waals surface area contributed by atoms with Gasteiger partial charge in [0.1, 0.15) is 6.10 Å². The first kappa shape index (κ1) is 17.4. The van der Waals surface area contributed by atoms with Crippen LogP contribution in [0.4, 0.5) is 0 Å². The van der Waals surface area contributed by atoms with Gasteiger partial charge in [0.15, 0.2) is 0 Å². The smallest absolute Gasteiger partial charge is 0.249 e. The predicted molar refractivity (Wildman–Crippen MR) is 92.9 cm³/mol. The second kappa shape index (κ2) is 8.60. The summed E-state index contributed by atoms with van der Waals surface area (Å²) in [6.07, 6.45) is 2.58. The number of hydrogen-bond donors (Lipinski definition) is 1. The largest absolute Gasteiger partial charge is 0.379 e. The number of benzene rings is 1. The van der Waals surface area contributed by atoms with E-state index >= 15 is 0 Å². The summed E-state index contributed by atoms with van der Waals surface area (Å²) in [5, 5.41) is 3.10. The molecular formula is C19H28N2O3. The molecule has 3 rings (SSSR count). The molecule has 2 saturated heterocycles. The third-order valence-corrected chi connectivity index (χ3v) is 4.95. The zero-order valence-corrected chi connectivity index (χ0v) is 14.5. The molecule has 1 aromatic rings. The maximum atomic E-state index is 12.3. The molecule has 0 radical (unpaired) electrons. The SMILES string of the molecule is CCc1ccc(C(CNC(=O)C2CCCO2)N2CCOCC2)cc1. The summed E-state index contributed by atoms with van der Waals surface area (Å²) in [4.78, 5) is 14.7. The standard InChI is InChI=1S/C19H28N2O3/c1-2-15-5-7-16(8-6-15)17(21-9-12-23-13-10-21)14-20-19(22)18-4-3-11-24-18/h5-8,17-18H,2-4,9-14H2,1H3,(H,20,22). The molecule has 0 aliphatic carbocycles. The Kier molecular flexibility index (Phi) is 6.24. The summed E-state index contributed by atoms with van der Waals surface area (Å²) in [7, 11) is 0. The number of amides is 1. The van der Waals surface area contributed by atoms with Crippen LogP contribution < -0.4 is 5.32 Å². The van der Waals surface area contributed by atoms with Crippen LogP contribution in [0.1, 0.15) is 36.9 Å². The van der Waals surface area contributed by atoms with E-state index < -0.39 is 0 Å². The maximum Gasteiger partial charge on any atom is 0.249 e. The molecule has 2 fully saturated rings. The first-order chi connectivity index (χ1) is 11.8. The molecule has 2 unspecified atom stereocenters. The number of ether oxygens (including phenoxy) is 2. The highest BCUT2D eigenvalue weighted by Crippen LogP contribution is 2.22. The minimum atomic E-state index is -0.266. The highest BCUT2D eigenvalue weighted by Gasteiger charge is 2.27. The van der Waals surface area contributed by atoms with Crippen molar-refractivity contribution in [3.8, 4) is 0 Å². The molecule has 1 aromatic carbocycles. The van der Waals surface area contributed by atoms with Crippen LogP contribution >= 0.6 is 0 Å². The zero-order chi connectivity index (χ0) is 16.8. The fourth-order valence-corrected chi connectivity index (χ4v) is 3.42. The molecule has 2 aliphatic heterocycles. The van der Waals surface area contributed by atoms with Crippen molar-refractivity contribution in [1.29, 1.82) is 0 Å².